The first-order valence-corrected chi connectivity index (χ1v) is 7.51. The zero-order chi connectivity index (χ0) is 12.3. The van der Waals surface area contributed by atoms with Gasteiger partial charge in [0.15, 0.2) is 0 Å². The number of nitrogens with two attached hydrogens (primary N) is 1. The second kappa shape index (κ2) is 5.44. The summed E-state index contributed by atoms with van der Waals surface area (Å²) in [4.78, 5) is 0. The molecule has 2 heteroatoms. The van der Waals surface area contributed by atoms with E-state index in [1.54, 1.807) is 0 Å². The molecule has 0 radical (unpaired) electrons. The molecule has 0 aliphatic rings. The van der Waals surface area contributed by atoms with E-state index in [9.17, 15) is 0 Å². The first-order valence-electron chi connectivity index (χ1n) is 5.91. The second-order valence-corrected chi connectivity index (χ2v) is 6.17. The SMILES string of the molecule is CCP(N)c1ccccc1-c1ccccc1C. The van der Waals surface area contributed by atoms with Crippen molar-refractivity contribution in [2.75, 3.05) is 6.16 Å². The molecule has 0 aliphatic carbocycles. The number of benzene rings is 2. The Morgan fingerprint density at radius 2 is 1.53 bits per heavy atom. The Bertz CT molecular complexity index is 508. The highest BCUT2D eigenvalue weighted by molar-refractivity contribution is 7.63. The van der Waals surface area contributed by atoms with E-state index in [-0.39, 0.29) is 0 Å². The maximum absolute atomic E-state index is 6.25. The molecule has 0 heterocycles. The fraction of sp³-hybridized carbons (Fsp3) is 0.200. The largest absolute Gasteiger partial charge is 0.306 e. The molecule has 2 aromatic rings. The number of rotatable bonds is 3. The average molecular weight is 243 g/mol. The van der Waals surface area contributed by atoms with E-state index in [2.05, 4.69) is 62.4 Å². The first-order chi connectivity index (χ1) is 8.24. The van der Waals surface area contributed by atoms with E-state index in [4.69, 9.17) is 5.50 Å². The standard InChI is InChI=1S/C15H18NP/c1-3-17(16)15-11-7-6-10-14(15)13-9-5-4-8-12(13)2/h4-11H,3,16H2,1-2H3. The lowest BCUT2D eigenvalue weighted by atomic mass is 10.0. The minimum atomic E-state index is -0.530. The molecule has 88 valence electrons. The molecule has 1 atom stereocenters. The zero-order valence-electron chi connectivity index (χ0n) is 10.4. The highest BCUT2D eigenvalue weighted by Crippen LogP contribution is 2.31. The summed E-state index contributed by atoms with van der Waals surface area (Å²) in [5, 5.41) is 1.30. The van der Waals surface area contributed by atoms with Crippen LogP contribution in [-0.4, -0.2) is 6.16 Å². The Labute approximate surface area is 104 Å². The molecule has 0 fully saturated rings. The summed E-state index contributed by atoms with van der Waals surface area (Å²) in [5.74, 6) is 0. The molecule has 2 aromatic carbocycles. The lowest BCUT2D eigenvalue weighted by Crippen LogP contribution is -2.11. The molecule has 1 nitrogen and oxygen atoms in total. The molecule has 0 bridgehead atoms. The van der Waals surface area contributed by atoms with Crippen molar-refractivity contribution in [3.05, 3.63) is 54.1 Å². The Morgan fingerprint density at radius 1 is 0.941 bits per heavy atom. The van der Waals surface area contributed by atoms with Crippen molar-refractivity contribution < 1.29 is 0 Å². The topological polar surface area (TPSA) is 26.0 Å². The van der Waals surface area contributed by atoms with Crippen molar-refractivity contribution in [3.63, 3.8) is 0 Å². The summed E-state index contributed by atoms with van der Waals surface area (Å²) in [7, 11) is -0.530. The third-order valence-corrected chi connectivity index (χ3v) is 4.68. The van der Waals surface area contributed by atoms with Crippen molar-refractivity contribution in [2.45, 2.75) is 13.8 Å². The Hall–Kier alpha value is -1.17. The predicted octanol–water partition coefficient (Wildman–Crippen LogP) is 3.66. The molecule has 1 unspecified atom stereocenters. The van der Waals surface area contributed by atoms with Gasteiger partial charge in [-0.05, 0) is 43.2 Å². The fourth-order valence-electron chi connectivity index (χ4n) is 2.00. The Balaban J connectivity index is 2.56. The maximum Gasteiger partial charge on any atom is -0.00190 e. The number of aryl methyl sites for hydroxylation is 1. The Morgan fingerprint density at radius 3 is 2.18 bits per heavy atom. The van der Waals surface area contributed by atoms with Crippen LogP contribution in [0.2, 0.25) is 0 Å². The van der Waals surface area contributed by atoms with Crippen LogP contribution in [0.15, 0.2) is 48.5 Å². The van der Waals surface area contributed by atoms with Crippen LogP contribution in [0.5, 0.6) is 0 Å². The minimum Gasteiger partial charge on any atom is -0.306 e. The van der Waals surface area contributed by atoms with Gasteiger partial charge in [0, 0.05) is 0 Å². The monoisotopic (exact) mass is 243 g/mol. The summed E-state index contributed by atoms with van der Waals surface area (Å²) < 4.78 is 0. The molecule has 0 spiro atoms. The van der Waals surface area contributed by atoms with Gasteiger partial charge in [-0.3, -0.25) is 0 Å². The molecule has 0 amide bonds. The lowest BCUT2D eigenvalue weighted by Gasteiger charge is -2.16. The first kappa shape index (κ1) is 12.3. The fourth-order valence-corrected chi connectivity index (χ4v) is 3.12. The molecule has 2 rings (SSSR count). The van der Waals surface area contributed by atoms with Crippen LogP contribution in [0.1, 0.15) is 12.5 Å². The van der Waals surface area contributed by atoms with Crippen molar-refractivity contribution in [2.24, 2.45) is 5.50 Å². The van der Waals surface area contributed by atoms with Gasteiger partial charge in [0.05, 0.1) is 0 Å². The van der Waals surface area contributed by atoms with Gasteiger partial charge in [0.1, 0.15) is 0 Å². The van der Waals surface area contributed by atoms with Gasteiger partial charge in [-0.2, -0.15) is 0 Å². The highest BCUT2D eigenvalue weighted by atomic mass is 31.1. The van der Waals surface area contributed by atoms with Crippen LogP contribution in [-0.2, 0) is 0 Å². The molecule has 0 aliphatic heterocycles. The average Bonchev–Trinajstić information content (AvgIpc) is 2.38. The van der Waals surface area contributed by atoms with Gasteiger partial charge >= 0.3 is 0 Å². The number of hydrogen-bond acceptors (Lipinski definition) is 1. The number of hydrogen-bond donors (Lipinski definition) is 1. The van der Waals surface area contributed by atoms with E-state index in [1.807, 2.05) is 0 Å². The summed E-state index contributed by atoms with van der Waals surface area (Å²) in [5.41, 5.74) is 10.1. The van der Waals surface area contributed by atoms with Crippen LogP contribution < -0.4 is 10.8 Å². The van der Waals surface area contributed by atoms with Gasteiger partial charge in [-0.1, -0.05) is 55.5 Å². The molecule has 0 aromatic heterocycles. The lowest BCUT2D eigenvalue weighted by molar-refractivity contribution is 1.46. The van der Waals surface area contributed by atoms with Crippen molar-refractivity contribution in [3.8, 4) is 11.1 Å². The third-order valence-electron chi connectivity index (χ3n) is 2.99. The van der Waals surface area contributed by atoms with E-state index < -0.39 is 8.07 Å². The van der Waals surface area contributed by atoms with Crippen molar-refractivity contribution >= 4 is 13.4 Å². The predicted molar refractivity (Wildman–Crippen MR) is 77.9 cm³/mol. The summed E-state index contributed by atoms with van der Waals surface area (Å²) in [6.45, 7) is 4.30. The molecule has 0 saturated heterocycles. The maximum atomic E-state index is 6.25. The van der Waals surface area contributed by atoms with Gasteiger partial charge in [-0.15, -0.1) is 0 Å². The quantitative estimate of drug-likeness (QED) is 0.818. The molecule has 0 saturated carbocycles. The molecule has 2 N–H and O–H groups in total. The van der Waals surface area contributed by atoms with Gasteiger partial charge in [0.25, 0.3) is 0 Å². The summed E-state index contributed by atoms with van der Waals surface area (Å²) in [6, 6.07) is 17.0. The van der Waals surface area contributed by atoms with Crippen LogP contribution in [0.25, 0.3) is 11.1 Å². The molecule has 17 heavy (non-hydrogen) atoms. The zero-order valence-corrected chi connectivity index (χ0v) is 11.2. The Kier molecular flexibility index (Phi) is 3.93. The van der Waals surface area contributed by atoms with Crippen LogP contribution in [0.3, 0.4) is 0 Å². The summed E-state index contributed by atoms with van der Waals surface area (Å²) >= 11 is 0. The van der Waals surface area contributed by atoms with Gasteiger partial charge in [-0.25, -0.2) is 0 Å². The smallest absolute Gasteiger partial charge is 0.00190 e. The molecular formula is C15H18NP. The second-order valence-electron chi connectivity index (χ2n) is 4.12. The van der Waals surface area contributed by atoms with Crippen molar-refractivity contribution in [1.82, 2.24) is 0 Å². The van der Waals surface area contributed by atoms with E-state index in [1.165, 1.54) is 22.0 Å². The van der Waals surface area contributed by atoms with E-state index in [0.717, 1.165) is 6.16 Å². The third kappa shape index (κ3) is 2.57. The normalized spacial score (nSPS) is 12.4. The minimum absolute atomic E-state index is 0.530. The van der Waals surface area contributed by atoms with Crippen molar-refractivity contribution in [1.29, 1.82) is 0 Å². The van der Waals surface area contributed by atoms with E-state index in [0.29, 0.717) is 0 Å². The molecular weight excluding hydrogens is 225 g/mol. The summed E-state index contributed by atoms with van der Waals surface area (Å²) in [6.07, 6.45) is 1.03. The van der Waals surface area contributed by atoms with Crippen LogP contribution >= 0.6 is 8.07 Å². The van der Waals surface area contributed by atoms with E-state index >= 15 is 0 Å². The van der Waals surface area contributed by atoms with Gasteiger partial charge < -0.3 is 5.50 Å². The van der Waals surface area contributed by atoms with Gasteiger partial charge in [0.2, 0.25) is 0 Å². The van der Waals surface area contributed by atoms with Crippen LogP contribution in [0, 0.1) is 6.92 Å². The van der Waals surface area contributed by atoms with Crippen LogP contribution in [0.4, 0.5) is 0 Å². The highest BCUT2D eigenvalue weighted by Gasteiger charge is 2.11.